The molecule has 1 aromatic heterocycles. The smallest absolute Gasteiger partial charge is 0.185 e. The topological polar surface area (TPSA) is 36.4 Å². The standard InChI is InChI=1S/C13H20N2OS2/c1-13(2)8-15(6-7-17-13)12-14-11-9(16)4-3-5-10(11)18-12/h9,16H,3-8H2,1-2H3. The van der Waals surface area contributed by atoms with Crippen molar-refractivity contribution in [3.63, 3.8) is 0 Å². The van der Waals surface area contributed by atoms with Crippen LogP contribution in [0.15, 0.2) is 0 Å². The third-order valence-electron chi connectivity index (χ3n) is 3.61. The van der Waals surface area contributed by atoms with Gasteiger partial charge in [-0.2, -0.15) is 11.8 Å². The molecule has 0 amide bonds. The van der Waals surface area contributed by atoms with Crippen LogP contribution in [0, 0.1) is 0 Å². The van der Waals surface area contributed by atoms with Crippen molar-refractivity contribution in [2.45, 2.75) is 44.0 Å². The van der Waals surface area contributed by atoms with Gasteiger partial charge in [0.25, 0.3) is 0 Å². The highest BCUT2D eigenvalue weighted by Crippen LogP contribution is 2.39. The molecule has 1 saturated heterocycles. The third-order valence-corrected chi connectivity index (χ3v) is 6.10. The summed E-state index contributed by atoms with van der Waals surface area (Å²) < 4.78 is 0.309. The molecule has 3 nitrogen and oxygen atoms in total. The second kappa shape index (κ2) is 4.69. The largest absolute Gasteiger partial charge is 0.387 e. The van der Waals surface area contributed by atoms with E-state index in [1.807, 2.05) is 11.8 Å². The number of rotatable bonds is 1. The van der Waals surface area contributed by atoms with E-state index in [9.17, 15) is 5.11 Å². The van der Waals surface area contributed by atoms with Gasteiger partial charge in [0.15, 0.2) is 5.13 Å². The van der Waals surface area contributed by atoms with E-state index in [0.29, 0.717) is 4.75 Å². The average Bonchev–Trinajstić information content (AvgIpc) is 2.73. The maximum Gasteiger partial charge on any atom is 0.185 e. The number of aliphatic hydroxyl groups is 1. The second-order valence-corrected chi connectivity index (χ2v) is 8.61. The number of hydrogen-bond acceptors (Lipinski definition) is 5. The number of thiazole rings is 1. The predicted molar refractivity (Wildman–Crippen MR) is 78.8 cm³/mol. The molecule has 1 aliphatic heterocycles. The monoisotopic (exact) mass is 284 g/mol. The van der Waals surface area contributed by atoms with Crippen LogP contribution in [0.2, 0.25) is 0 Å². The van der Waals surface area contributed by atoms with Crippen molar-refractivity contribution in [1.29, 1.82) is 0 Å². The van der Waals surface area contributed by atoms with Crippen molar-refractivity contribution in [1.82, 2.24) is 4.98 Å². The fraction of sp³-hybridized carbons (Fsp3) is 0.769. The maximum atomic E-state index is 10.00. The molecule has 1 aliphatic carbocycles. The van der Waals surface area contributed by atoms with Crippen LogP contribution in [-0.2, 0) is 6.42 Å². The lowest BCUT2D eigenvalue weighted by molar-refractivity contribution is 0.153. The number of hydrogen-bond donors (Lipinski definition) is 1. The van der Waals surface area contributed by atoms with Gasteiger partial charge in [0.2, 0.25) is 0 Å². The number of fused-ring (bicyclic) bond motifs is 1. The minimum Gasteiger partial charge on any atom is -0.387 e. The van der Waals surface area contributed by atoms with Gasteiger partial charge in [-0.05, 0) is 33.1 Å². The van der Waals surface area contributed by atoms with E-state index in [1.54, 1.807) is 11.3 Å². The average molecular weight is 284 g/mol. The second-order valence-electron chi connectivity index (χ2n) is 5.74. The van der Waals surface area contributed by atoms with E-state index in [4.69, 9.17) is 4.98 Å². The Morgan fingerprint density at radius 3 is 3.00 bits per heavy atom. The van der Waals surface area contributed by atoms with Gasteiger partial charge in [0.1, 0.15) is 0 Å². The minimum atomic E-state index is -0.328. The van der Waals surface area contributed by atoms with Crippen LogP contribution in [0.4, 0.5) is 5.13 Å². The van der Waals surface area contributed by atoms with Gasteiger partial charge >= 0.3 is 0 Å². The highest BCUT2D eigenvalue weighted by Gasteiger charge is 2.30. The molecule has 1 unspecified atom stereocenters. The molecular formula is C13H20N2OS2. The molecule has 0 spiro atoms. The van der Waals surface area contributed by atoms with E-state index < -0.39 is 0 Å². The molecule has 0 bridgehead atoms. The highest BCUT2D eigenvalue weighted by atomic mass is 32.2. The van der Waals surface area contributed by atoms with E-state index >= 15 is 0 Å². The SMILES string of the molecule is CC1(C)CN(c2nc3c(s2)CCCC3O)CCS1. The molecular weight excluding hydrogens is 264 g/mol. The number of aromatic nitrogens is 1. The molecule has 100 valence electrons. The predicted octanol–water partition coefficient (Wildman–Crippen LogP) is 2.84. The maximum absolute atomic E-state index is 10.00. The molecule has 5 heteroatoms. The molecule has 3 rings (SSSR count). The lowest BCUT2D eigenvalue weighted by atomic mass is 10.0. The molecule has 2 heterocycles. The minimum absolute atomic E-state index is 0.309. The Kier molecular flexibility index (Phi) is 3.32. The summed E-state index contributed by atoms with van der Waals surface area (Å²) in [6, 6.07) is 0. The number of nitrogens with zero attached hydrogens (tertiary/aromatic N) is 2. The molecule has 0 radical (unpaired) electrons. The Hall–Kier alpha value is -0.260. The number of aryl methyl sites for hydroxylation is 1. The zero-order valence-corrected chi connectivity index (χ0v) is 12.6. The molecule has 1 N–H and O–H groups in total. The van der Waals surface area contributed by atoms with Crippen LogP contribution in [0.25, 0.3) is 0 Å². The van der Waals surface area contributed by atoms with Crippen molar-refractivity contribution < 1.29 is 5.11 Å². The lowest BCUT2D eigenvalue weighted by Crippen LogP contribution is -2.43. The molecule has 2 aliphatic rings. The van der Waals surface area contributed by atoms with Gasteiger partial charge in [-0.25, -0.2) is 4.98 Å². The number of anilines is 1. The summed E-state index contributed by atoms with van der Waals surface area (Å²) in [5, 5.41) is 11.1. The van der Waals surface area contributed by atoms with Gasteiger partial charge in [-0.3, -0.25) is 0 Å². The van der Waals surface area contributed by atoms with Crippen LogP contribution in [0.1, 0.15) is 43.4 Å². The summed E-state index contributed by atoms with van der Waals surface area (Å²) in [5.74, 6) is 1.17. The van der Waals surface area contributed by atoms with Crippen LogP contribution in [-0.4, -0.2) is 33.7 Å². The van der Waals surface area contributed by atoms with Crippen LogP contribution >= 0.6 is 23.1 Å². The Labute approximate surface area is 117 Å². The fourth-order valence-electron chi connectivity index (χ4n) is 2.70. The van der Waals surface area contributed by atoms with Gasteiger partial charge < -0.3 is 10.0 Å². The Morgan fingerprint density at radius 1 is 1.44 bits per heavy atom. The van der Waals surface area contributed by atoms with Crippen molar-refractivity contribution in [2.24, 2.45) is 0 Å². The molecule has 1 fully saturated rings. The highest BCUT2D eigenvalue weighted by molar-refractivity contribution is 8.00. The first-order chi connectivity index (χ1) is 8.55. The summed E-state index contributed by atoms with van der Waals surface area (Å²) in [4.78, 5) is 8.41. The Bertz CT molecular complexity index is 444. The molecule has 18 heavy (non-hydrogen) atoms. The van der Waals surface area contributed by atoms with Crippen molar-refractivity contribution in [3.8, 4) is 0 Å². The first-order valence-corrected chi connectivity index (χ1v) is 8.42. The van der Waals surface area contributed by atoms with Gasteiger partial charge in [0, 0.05) is 28.5 Å². The quantitative estimate of drug-likeness (QED) is 0.860. The van der Waals surface area contributed by atoms with Crippen LogP contribution in [0.3, 0.4) is 0 Å². The summed E-state index contributed by atoms with van der Waals surface area (Å²) in [6.07, 6.45) is 2.73. The van der Waals surface area contributed by atoms with Crippen molar-refractivity contribution >= 4 is 28.2 Å². The number of aliphatic hydroxyl groups excluding tert-OH is 1. The molecule has 1 aromatic rings. The Morgan fingerprint density at radius 2 is 2.28 bits per heavy atom. The molecule has 0 aromatic carbocycles. The van der Waals surface area contributed by atoms with E-state index in [1.165, 1.54) is 10.6 Å². The molecule has 0 saturated carbocycles. The fourth-order valence-corrected chi connectivity index (χ4v) is 4.99. The third kappa shape index (κ3) is 2.40. The zero-order chi connectivity index (χ0) is 12.8. The van der Waals surface area contributed by atoms with Crippen LogP contribution in [0.5, 0.6) is 0 Å². The van der Waals surface area contributed by atoms with Gasteiger partial charge in [0.05, 0.1) is 11.8 Å². The lowest BCUT2D eigenvalue weighted by Gasteiger charge is -2.37. The van der Waals surface area contributed by atoms with Crippen molar-refractivity contribution in [3.05, 3.63) is 10.6 Å². The first kappa shape index (κ1) is 12.8. The van der Waals surface area contributed by atoms with Crippen LogP contribution < -0.4 is 4.90 Å². The summed E-state index contributed by atoms with van der Waals surface area (Å²) in [6.45, 7) is 6.73. The van der Waals surface area contributed by atoms with E-state index in [0.717, 1.165) is 43.2 Å². The zero-order valence-electron chi connectivity index (χ0n) is 11.0. The van der Waals surface area contributed by atoms with E-state index in [-0.39, 0.29) is 6.10 Å². The van der Waals surface area contributed by atoms with E-state index in [2.05, 4.69) is 18.7 Å². The Balaban J connectivity index is 1.84. The van der Waals surface area contributed by atoms with Crippen molar-refractivity contribution in [2.75, 3.05) is 23.7 Å². The summed E-state index contributed by atoms with van der Waals surface area (Å²) in [5.41, 5.74) is 0.956. The first-order valence-electron chi connectivity index (χ1n) is 6.62. The molecule has 1 atom stereocenters. The van der Waals surface area contributed by atoms with Gasteiger partial charge in [-0.15, -0.1) is 11.3 Å². The normalized spacial score (nSPS) is 27.1. The summed E-state index contributed by atoms with van der Waals surface area (Å²) in [7, 11) is 0. The summed E-state index contributed by atoms with van der Waals surface area (Å²) >= 11 is 3.83. The number of thioether (sulfide) groups is 1. The van der Waals surface area contributed by atoms with Gasteiger partial charge in [-0.1, -0.05) is 0 Å².